The van der Waals surface area contributed by atoms with Crippen molar-refractivity contribution in [2.75, 3.05) is 6.54 Å². The summed E-state index contributed by atoms with van der Waals surface area (Å²) < 4.78 is 10.2. The predicted molar refractivity (Wildman–Crippen MR) is 63.7 cm³/mol. The highest BCUT2D eigenvalue weighted by molar-refractivity contribution is 5.75. The summed E-state index contributed by atoms with van der Waals surface area (Å²) in [6, 6.07) is 4.98. The van der Waals surface area contributed by atoms with Crippen LogP contribution in [0.2, 0.25) is 0 Å². The van der Waals surface area contributed by atoms with Crippen molar-refractivity contribution < 1.29 is 18.7 Å². The summed E-state index contributed by atoms with van der Waals surface area (Å²) in [5.74, 6) is 0.226. The highest BCUT2D eigenvalue weighted by Crippen LogP contribution is 2.29. The van der Waals surface area contributed by atoms with Crippen LogP contribution in [-0.4, -0.2) is 17.6 Å². The van der Waals surface area contributed by atoms with Crippen molar-refractivity contribution in [3.05, 3.63) is 48.3 Å². The summed E-state index contributed by atoms with van der Waals surface area (Å²) in [7, 11) is 0. The molecular weight excluding hydrogens is 234 g/mol. The molecule has 2 rings (SSSR count). The van der Waals surface area contributed by atoms with Gasteiger partial charge in [0.15, 0.2) is 5.60 Å². The molecule has 0 aromatic carbocycles. The maximum absolute atomic E-state index is 11.3. The number of hydrogen-bond donors (Lipinski definition) is 2. The molecule has 2 N–H and O–H groups in total. The Balaban J connectivity index is 2.26. The van der Waals surface area contributed by atoms with Gasteiger partial charge in [0.05, 0.1) is 25.3 Å². The van der Waals surface area contributed by atoms with E-state index >= 15 is 0 Å². The van der Waals surface area contributed by atoms with Crippen LogP contribution >= 0.6 is 0 Å². The molecule has 18 heavy (non-hydrogen) atoms. The molecule has 0 spiro atoms. The third-order valence-electron chi connectivity index (χ3n) is 2.79. The maximum atomic E-state index is 11.3. The van der Waals surface area contributed by atoms with Crippen LogP contribution in [0.25, 0.3) is 0 Å². The molecule has 1 unspecified atom stereocenters. The number of nitrogens with one attached hydrogen (secondary N) is 1. The lowest BCUT2D eigenvalue weighted by Crippen LogP contribution is -2.41. The van der Waals surface area contributed by atoms with Gasteiger partial charge in [-0.05, 0) is 18.2 Å². The predicted octanol–water partition coefficient (Wildman–Crippen LogP) is 1.63. The van der Waals surface area contributed by atoms with Gasteiger partial charge in [0.25, 0.3) is 0 Å². The van der Waals surface area contributed by atoms with Crippen molar-refractivity contribution >= 4 is 5.91 Å². The van der Waals surface area contributed by atoms with E-state index in [1.54, 1.807) is 25.1 Å². The summed E-state index contributed by atoms with van der Waals surface area (Å²) in [6.45, 7) is 1.78. The standard InChI is InChI=1S/C13H15NO4/c1-2-12(15)14-9-13(16,10-5-7-17-8-10)11-4-3-6-18-11/h3-8,16H,2,9H2,1H3,(H,14,15). The first kappa shape index (κ1) is 12.4. The van der Waals surface area contributed by atoms with Gasteiger partial charge in [-0.1, -0.05) is 6.92 Å². The van der Waals surface area contributed by atoms with E-state index < -0.39 is 5.60 Å². The van der Waals surface area contributed by atoms with Gasteiger partial charge in [0.2, 0.25) is 5.91 Å². The molecule has 0 saturated carbocycles. The number of aliphatic hydroxyl groups is 1. The normalized spacial score (nSPS) is 14.1. The SMILES string of the molecule is CCC(=O)NCC(O)(c1ccoc1)c1ccco1. The minimum absolute atomic E-state index is 0.0344. The first-order valence-electron chi connectivity index (χ1n) is 5.72. The maximum Gasteiger partial charge on any atom is 0.219 e. The highest BCUT2D eigenvalue weighted by atomic mass is 16.4. The number of rotatable bonds is 5. The molecule has 2 aromatic heterocycles. The van der Waals surface area contributed by atoms with Crippen molar-refractivity contribution in [1.29, 1.82) is 0 Å². The molecule has 0 fully saturated rings. The van der Waals surface area contributed by atoms with Crippen molar-refractivity contribution in [3.8, 4) is 0 Å². The largest absolute Gasteiger partial charge is 0.472 e. The molecule has 5 nitrogen and oxygen atoms in total. The summed E-state index contributed by atoms with van der Waals surface area (Å²) in [4.78, 5) is 11.3. The molecule has 0 aliphatic carbocycles. The number of furan rings is 2. The Hall–Kier alpha value is -2.01. The molecule has 0 radical (unpaired) electrons. The van der Waals surface area contributed by atoms with Crippen LogP contribution in [0, 0.1) is 0 Å². The van der Waals surface area contributed by atoms with Crippen LogP contribution in [0.4, 0.5) is 0 Å². The summed E-state index contributed by atoms with van der Waals surface area (Å²) >= 11 is 0. The minimum Gasteiger partial charge on any atom is -0.472 e. The van der Waals surface area contributed by atoms with Gasteiger partial charge >= 0.3 is 0 Å². The average Bonchev–Trinajstić information content (AvgIpc) is 3.06. The second-order valence-electron chi connectivity index (χ2n) is 3.98. The van der Waals surface area contributed by atoms with Crippen molar-refractivity contribution in [1.82, 2.24) is 5.32 Å². The third-order valence-corrected chi connectivity index (χ3v) is 2.79. The van der Waals surface area contributed by atoms with Gasteiger partial charge in [0.1, 0.15) is 5.76 Å². The van der Waals surface area contributed by atoms with E-state index in [4.69, 9.17) is 8.83 Å². The van der Waals surface area contributed by atoms with Gasteiger partial charge in [-0.3, -0.25) is 4.79 Å². The lowest BCUT2D eigenvalue weighted by molar-refractivity contribution is -0.121. The molecule has 0 saturated heterocycles. The molecule has 0 aliphatic rings. The lowest BCUT2D eigenvalue weighted by Gasteiger charge is -2.25. The highest BCUT2D eigenvalue weighted by Gasteiger charge is 2.35. The molecule has 2 aromatic rings. The van der Waals surface area contributed by atoms with Crippen molar-refractivity contribution in [2.24, 2.45) is 0 Å². The van der Waals surface area contributed by atoms with Gasteiger partial charge in [-0.15, -0.1) is 0 Å². The van der Waals surface area contributed by atoms with Gasteiger partial charge in [-0.2, -0.15) is 0 Å². The van der Waals surface area contributed by atoms with Crippen molar-refractivity contribution in [3.63, 3.8) is 0 Å². The number of carbonyl (C=O) groups excluding carboxylic acids is 1. The van der Waals surface area contributed by atoms with E-state index in [0.717, 1.165) is 0 Å². The van der Waals surface area contributed by atoms with Gasteiger partial charge in [0, 0.05) is 12.0 Å². The van der Waals surface area contributed by atoms with Crippen molar-refractivity contribution in [2.45, 2.75) is 18.9 Å². The molecular formula is C13H15NO4. The first-order chi connectivity index (χ1) is 8.66. The second-order valence-corrected chi connectivity index (χ2v) is 3.98. The van der Waals surface area contributed by atoms with Crippen LogP contribution in [0.15, 0.2) is 45.8 Å². The fourth-order valence-corrected chi connectivity index (χ4v) is 1.70. The monoisotopic (exact) mass is 249 g/mol. The molecule has 96 valence electrons. The van der Waals surface area contributed by atoms with Crippen LogP contribution in [0.5, 0.6) is 0 Å². The van der Waals surface area contributed by atoms with E-state index in [9.17, 15) is 9.90 Å². The van der Waals surface area contributed by atoms with Crippen LogP contribution in [0.1, 0.15) is 24.7 Å². The number of carbonyl (C=O) groups is 1. The molecule has 1 atom stereocenters. The Labute approximate surface area is 104 Å². The number of hydrogen-bond acceptors (Lipinski definition) is 4. The zero-order valence-corrected chi connectivity index (χ0v) is 10.1. The van der Waals surface area contributed by atoms with E-state index in [1.807, 2.05) is 0 Å². The Morgan fingerprint density at radius 1 is 1.44 bits per heavy atom. The van der Waals surface area contributed by atoms with Crippen LogP contribution < -0.4 is 5.32 Å². The fraction of sp³-hybridized carbons (Fsp3) is 0.308. The third kappa shape index (κ3) is 2.31. The van der Waals surface area contributed by atoms with Crippen LogP contribution in [0.3, 0.4) is 0 Å². The minimum atomic E-state index is -1.42. The van der Waals surface area contributed by atoms with E-state index in [1.165, 1.54) is 18.8 Å². The summed E-state index contributed by atoms with van der Waals surface area (Å²) in [5.41, 5.74) is -0.879. The van der Waals surface area contributed by atoms with Gasteiger partial charge < -0.3 is 19.3 Å². The molecule has 0 bridgehead atoms. The quantitative estimate of drug-likeness (QED) is 0.844. The topological polar surface area (TPSA) is 75.6 Å². The molecule has 2 heterocycles. The molecule has 5 heteroatoms. The molecule has 0 aliphatic heterocycles. The average molecular weight is 249 g/mol. The Morgan fingerprint density at radius 2 is 2.28 bits per heavy atom. The molecule has 1 amide bonds. The van der Waals surface area contributed by atoms with E-state index in [2.05, 4.69) is 5.32 Å². The lowest BCUT2D eigenvalue weighted by atomic mass is 9.93. The Kier molecular flexibility index (Phi) is 3.53. The zero-order valence-electron chi connectivity index (χ0n) is 10.1. The van der Waals surface area contributed by atoms with Gasteiger partial charge in [-0.25, -0.2) is 0 Å². The smallest absolute Gasteiger partial charge is 0.219 e. The summed E-state index contributed by atoms with van der Waals surface area (Å²) in [6.07, 6.45) is 4.73. The second kappa shape index (κ2) is 5.10. The van der Waals surface area contributed by atoms with E-state index in [0.29, 0.717) is 17.7 Å². The first-order valence-corrected chi connectivity index (χ1v) is 5.72. The number of amides is 1. The Morgan fingerprint density at radius 3 is 2.83 bits per heavy atom. The fourth-order valence-electron chi connectivity index (χ4n) is 1.70. The zero-order chi connectivity index (χ0) is 13.0. The van der Waals surface area contributed by atoms with Crippen LogP contribution in [-0.2, 0) is 10.4 Å². The van der Waals surface area contributed by atoms with E-state index in [-0.39, 0.29) is 12.5 Å². The summed E-state index contributed by atoms with van der Waals surface area (Å²) in [5, 5.41) is 13.4. The Bertz CT molecular complexity index is 453.